The summed E-state index contributed by atoms with van der Waals surface area (Å²) in [6.07, 6.45) is 0. The van der Waals surface area contributed by atoms with Crippen LogP contribution in [0.1, 0.15) is 29.9 Å². The summed E-state index contributed by atoms with van der Waals surface area (Å²) in [5, 5.41) is 0.708. The molecule has 0 aliphatic carbocycles. The minimum Gasteiger partial charge on any atom is -0.496 e. The molecule has 0 aromatic heterocycles. The molecule has 0 heterocycles. The Morgan fingerprint density at radius 1 is 1.15 bits per heavy atom. The highest BCUT2D eigenvalue weighted by Crippen LogP contribution is 2.37. The minimum atomic E-state index is 0.172. The van der Waals surface area contributed by atoms with Crippen LogP contribution in [0.4, 0.5) is 0 Å². The Kier molecular flexibility index (Phi) is 5.05. The number of rotatable bonds is 5. The van der Waals surface area contributed by atoms with Crippen LogP contribution in [-0.2, 0) is 0 Å². The van der Waals surface area contributed by atoms with Crippen LogP contribution in [0, 0.1) is 0 Å². The van der Waals surface area contributed by atoms with Gasteiger partial charge in [0.1, 0.15) is 5.75 Å². The van der Waals surface area contributed by atoms with E-state index in [4.69, 9.17) is 22.1 Å². The molecule has 0 aliphatic heterocycles. The van der Waals surface area contributed by atoms with Crippen LogP contribution in [0.5, 0.6) is 5.75 Å². The summed E-state index contributed by atoms with van der Waals surface area (Å²) < 4.78 is 5.45. The van der Waals surface area contributed by atoms with Crippen molar-refractivity contribution in [3.05, 3.63) is 64.7 Å². The second kappa shape index (κ2) is 6.78. The zero-order chi connectivity index (χ0) is 14.5. The van der Waals surface area contributed by atoms with Gasteiger partial charge >= 0.3 is 0 Å². The molecule has 0 radical (unpaired) electrons. The first-order chi connectivity index (χ1) is 9.67. The van der Waals surface area contributed by atoms with Crippen LogP contribution >= 0.6 is 11.6 Å². The highest BCUT2D eigenvalue weighted by molar-refractivity contribution is 6.30. The second-order valence-corrected chi connectivity index (χ2v) is 5.36. The predicted molar refractivity (Wildman–Crippen MR) is 84.7 cm³/mol. The van der Waals surface area contributed by atoms with Crippen molar-refractivity contribution in [1.29, 1.82) is 0 Å². The molecular formula is C17H20ClNO. The number of hydrogen-bond acceptors (Lipinski definition) is 2. The van der Waals surface area contributed by atoms with Gasteiger partial charge in [-0.3, -0.25) is 0 Å². The standard InChI is InChI=1S/C17H20ClNO/c1-12(13-6-4-3-5-7-13)16(11-19)15-10-14(18)8-9-17(15)20-2/h3-10,12,16H,11,19H2,1-2H3. The SMILES string of the molecule is COc1ccc(Cl)cc1C(CN)C(C)c1ccccc1. The predicted octanol–water partition coefficient (Wildman–Crippen LogP) is 4.19. The highest BCUT2D eigenvalue weighted by atomic mass is 35.5. The topological polar surface area (TPSA) is 35.2 Å². The third-order valence-corrected chi connectivity index (χ3v) is 4.01. The molecule has 0 spiro atoms. The van der Waals surface area contributed by atoms with Gasteiger partial charge in [-0.1, -0.05) is 48.9 Å². The molecule has 2 aromatic carbocycles. The van der Waals surface area contributed by atoms with E-state index < -0.39 is 0 Å². The fraction of sp³-hybridized carbons (Fsp3) is 0.294. The van der Waals surface area contributed by atoms with Gasteiger partial charge in [0, 0.05) is 16.5 Å². The summed E-state index contributed by atoms with van der Waals surface area (Å²) in [6.45, 7) is 2.74. The molecule has 2 unspecified atom stereocenters. The third-order valence-electron chi connectivity index (χ3n) is 3.77. The maximum atomic E-state index is 6.13. The normalized spacial score (nSPS) is 13.8. The fourth-order valence-electron chi connectivity index (χ4n) is 2.58. The molecule has 2 N–H and O–H groups in total. The van der Waals surface area contributed by atoms with Gasteiger partial charge in [0.2, 0.25) is 0 Å². The summed E-state index contributed by atoms with van der Waals surface area (Å²) in [4.78, 5) is 0. The maximum absolute atomic E-state index is 6.13. The Morgan fingerprint density at radius 3 is 2.45 bits per heavy atom. The van der Waals surface area contributed by atoms with Crippen molar-refractivity contribution in [3.8, 4) is 5.75 Å². The van der Waals surface area contributed by atoms with Crippen LogP contribution < -0.4 is 10.5 Å². The number of nitrogens with two attached hydrogens (primary N) is 1. The summed E-state index contributed by atoms with van der Waals surface area (Å²) in [5.74, 6) is 1.31. The van der Waals surface area contributed by atoms with E-state index in [-0.39, 0.29) is 5.92 Å². The largest absolute Gasteiger partial charge is 0.496 e. The summed E-state index contributed by atoms with van der Waals surface area (Å²) in [7, 11) is 1.67. The van der Waals surface area contributed by atoms with Crippen LogP contribution in [0.3, 0.4) is 0 Å². The monoisotopic (exact) mass is 289 g/mol. The Balaban J connectivity index is 2.40. The van der Waals surface area contributed by atoms with Gasteiger partial charge in [-0.15, -0.1) is 0 Å². The number of hydrogen-bond donors (Lipinski definition) is 1. The summed E-state index contributed by atoms with van der Waals surface area (Å²) in [6, 6.07) is 16.1. The summed E-state index contributed by atoms with van der Waals surface area (Å²) >= 11 is 6.13. The van der Waals surface area contributed by atoms with Crippen molar-refractivity contribution in [2.45, 2.75) is 18.8 Å². The van der Waals surface area contributed by atoms with E-state index in [0.29, 0.717) is 17.5 Å². The van der Waals surface area contributed by atoms with Gasteiger partial charge in [0.25, 0.3) is 0 Å². The Hall–Kier alpha value is -1.51. The number of methoxy groups -OCH3 is 1. The summed E-state index contributed by atoms with van der Waals surface area (Å²) in [5.41, 5.74) is 8.35. The molecule has 0 aliphatic rings. The van der Waals surface area contributed by atoms with E-state index in [1.807, 2.05) is 24.3 Å². The van der Waals surface area contributed by atoms with Gasteiger partial charge in [-0.25, -0.2) is 0 Å². The van der Waals surface area contributed by atoms with Crippen molar-refractivity contribution in [2.75, 3.05) is 13.7 Å². The average molecular weight is 290 g/mol. The maximum Gasteiger partial charge on any atom is 0.122 e. The number of benzene rings is 2. The van der Waals surface area contributed by atoms with Gasteiger partial charge < -0.3 is 10.5 Å². The lowest BCUT2D eigenvalue weighted by molar-refractivity contribution is 0.402. The van der Waals surface area contributed by atoms with E-state index in [1.54, 1.807) is 7.11 Å². The average Bonchev–Trinajstić information content (AvgIpc) is 2.49. The minimum absolute atomic E-state index is 0.172. The Labute approximate surface area is 125 Å². The Morgan fingerprint density at radius 2 is 1.85 bits per heavy atom. The van der Waals surface area contributed by atoms with Crippen LogP contribution in [0.25, 0.3) is 0 Å². The van der Waals surface area contributed by atoms with E-state index in [9.17, 15) is 0 Å². The van der Waals surface area contributed by atoms with E-state index in [2.05, 4.69) is 31.2 Å². The van der Waals surface area contributed by atoms with Gasteiger partial charge in [0.15, 0.2) is 0 Å². The molecule has 2 nitrogen and oxygen atoms in total. The molecule has 106 valence electrons. The van der Waals surface area contributed by atoms with Crippen LogP contribution in [0.15, 0.2) is 48.5 Å². The van der Waals surface area contributed by atoms with Gasteiger partial charge in [-0.05, 0) is 36.2 Å². The molecule has 2 rings (SSSR count). The first kappa shape index (κ1) is 14.9. The molecule has 0 saturated carbocycles. The number of halogens is 1. The molecule has 0 bridgehead atoms. The first-order valence-electron chi connectivity index (χ1n) is 6.75. The molecular weight excluding hydrogens is 270 g/mol. The lowest BCUT2D eigenvalue weighted by atomic mass is 9.82. The van der Waals surface area contributed by atoms with E-state index in [0.717, 1.165) is 11.3 Å². The molecule has 3 heteroatoms. The van der Waals surface area contributed by atoms with Crippen molar-refractivity contribution >= 4 is 11.6 Å². The van der Waals surface area contributed by atoms with Crippen molar-refractivity contribution < 1.29 is 4.74 Å². The third kappa shape index (κ3) is 3.14. The zero-order valence-electron chi connectivity index (χ0n) is 11.8. The quantitative estimate of drug-likeness (QED) is 0.895. The Bertz CT molecular complexity index is 556. The lowest BCUT2D eigenvalue weighted by Gasteiger charge is -2.25. The first-order valence-corrected chi connectivity index (χ1v) is 7.13. The van der Waals surface area contributed by atoms with E-state index in [1.165, 1.54) is 5.56 Å². The van der Waals surface area contributed by atoms with Crippen molar-refractivity contribution in [2.24, 2.45) is 5.73 Å². The fourth-order valence-corrected chi connectivity index (χ4v) is 2.76. The molecule has 0 amide bonds. The lowest BCUT2D eigenvalue weighted by Crippen LogP contribution is -2.19. The van der Waals surface area contributed by atoms with Crippen molar-refractivity contribution in [3.63, 3.8) is 0 Å². The van der Waals surface area contributed by atoms with Crippen molar-refractivity contribution in [1.82, 2.24) is 0 Å². The molecule has 0 fully saturated rings. The smallest absolute Gasteiger partial charge is 0.122 e. The van der Waals surface area contributed by atoms with Gasteiger partial charge in [0.05, 0.1) is 7.11 Å². The second-order valence-electron chi connectivity index (χ2n) is 4.93. The molecule has 2 atom stereocenters. The molecule has 2 aromatic rings. The molecule has 20 heavy (non-hydrogen) atoms. The zero-order valence-corrected chi connectivity index (χ0v) is 12.6. The van der Waals surface area contributed by atoms with Crippen LogP contribution in [0.2, 0.25) is 5.02 Å². The molecule has 0 saturated heterocycles. The van der Waals surface area contributed by atoms with Crippen LogP contribution in [-0.4, -0.2) is 13.7 Å². The highest BCUT2D eigenvalue weighted by Gasteiger charge is 2.22. The number of ether oxygens (including phenoxy) is 1. The van der Waals surface area contributed by atoms with Gasteiger partial charge in [-0.2, -0.15) is 0 Å². The van der Waals surface area contributed by atoms with E-state index >= 15 is 0 Å².